The monoisotopic (exact) mass is 372 g/mol. The molecule has 3 aromatic rings. The molecular weight excluding hydrogens is 348 g/mol. The zero-order valence-electron chi connectivity index (χ0n) is 16.3. The largest absolute Gasteiger partial charge is 0.383 e. The number of anilines is 3. The van der Waals surface area contributed by atoms with Gasteiger partial charge in [-0.05, 0) is 68.3 Å². The minimum atomic E-state index is 0.423. The highest BCUT2D eigenvalue weighted by Crippen LogP contribution is 2.34. The summed E-state index contributed by atoms with van der Waals surface area (Å²) in [6.45, 7) is 3.85. The van der Waals surface area contributed by atoms with E-state index in [1.165, 1.54) is 17.5 Å². The molecule has 1 aliphatic rings. The SMILES string of the molecule is COCC1CCCN1c1cc(C)nc2cc(Nc3ccc(C#N)cc3)ccc12. The van der Waals surface area contributed by atoms with Crippen molar-refractivity contribution in [3.8, 4) is 6.07 Å². The summed E-state index contributed by atoms with van der Waals surface area (Å²) in [6, 6.07) is 18.5. The Morgan fingerprint density at radius 1 is 1.18 bits per heavy atom. The van der Waals surface area contributed by atoms with Crippen molar-refractivity contribution >= 4 is 28.0 Å². The standard InChI is InChI=1S/C23H24N4O/c1-16-12-23(27-11-3-4-20(27)15-28-2)21-10-9-19(13-22(21)25-16)26-18-7-5-17(14-24)6-8-18/h5-10,12-13,20,26H,3-4,11,15H2,1-2H3. The first-order valence-electron chi connectivity index (χ1n) is 9.62. The van der Waals surface area contributed by atoms with E-state index < -0.39 is 0 Å². The molecule has 0 saturated carbocycles. The molecule has 0 aliphatic carbocycles. The third kappa shape index (κ3) is 3.64. The number of aromatic nitrogens is 1. The Morgan fingerprint density at radius 2 is 1.96 bits per heavy atom. The second kappa shape index (κ2) is 7.87. The Hall–Kier alpha value is -3.10. The van der Waals surface area contributed by atoms with Crippen LogP contribution in [0.15, 0.2) is 48.5 Å². The minimum Gasteiger partial charge on any atom is -0.383 e. The van der Waals surface area contributed by atoms with Crippen LogP contribution in [0.5, 0.6) is 0 Å². The fourth-order valence-corrected chi connectivity index (χ4v) is 3.97. The predicted molar refractivity (Wildman–Crippen MR) is 113 cm³/mol. The maximum absolute atomic E-state index is 8.94. The molecule has 1 aliphatic heterocycles. The molecule has 1 N–H and O–H groups in total. The van der Waals surface area contributed by atoms with Gasteiger partial charge in [-0.1, -0.05) is 0 Å². The van der Waals surface area contributed by atoms with Crippen LogP contribution in [-0.2, 0) is 4.74 Å². The number of rotatable bonds is 5. The second-order valence-electron chi connectivity index (χ2n) is 7.27. The molecule has 28 heavy (non-hydrogen) atoms. The zero-order valence-corrected chi connectivity index (χ0v) is 16.3. The number of ether oxygens (including phenoxy) is 1. The number of benzene rings is 2. The summed E-state index contributed by atoms with van der Waals surface area (Å²) in [6.07, 6.45) is 2.35. The zero-order chi connectivity index (χ0) is 19.5. The summed E-state index contributed by atoms with van der Waals surface area (Å²) < 4.78 is 5.43. The Balaban J connectivity index is 1.67. The van der Waals surface area contributed by atoms with Gasteiger partial charge in [0.15, 0.2) is 0 Å². The summed E-state index contributed by atoms with van der Waals surface area (Å²) in [7, 11) is 1.77. The highest BCUT2D eigenvalue weighted by Gasteiger charge is 2.26. The molecular formula is C23H24N4O. The van der Waals surface area contributed by atoms with E-state index in [2.05, 4.69) is 40.6 Å². The van der Waals surface area contributed by atoms with Crippen molar-refractivity contribution in [2.24, 2.45) is 0 Å². The van der Waals surface area contributed by atoms with Crippen LogP contribution in [0.2, 0.25) is 0 Å². The van der Waals surface area contributed by atoms with Gasteiger partial charge in [-0.25, -0.2) is 0 Å². The molecule has 0 spiro atoms. The molecule has 1 saturated heterocycles. The molecule has 4 rings (SSSR count). The topological polar surface area (TPSA) is 61.2 Å². The summed E-state index contributed by atoms with van der Waals surface area (Å²) in [5.74, 6) is 0. The Morgan fingerprint density at radius 3 is 2.71 bits per heavy atom. The van der Waals surface area contributed by atoms with Crippen molar-refractivity contribution in [2.45, 2.75) is 25.8 Å². The molecule has 2 aromatic carbocycles. The number of methoxy groups -OCH3 is 1. The van der Waals surface area contributed by atoms with Gasteiger partial charge in [0.05, 0.1) is 29.8 Å². The van der Waals surface area contributed by atoms with E-state index in [0.29, 0.717) is 11.6 Å². The molecule has 0 amide bonds. The van der Waals surface area contributed by atoms with Crippen LogP contribution < -0.4 is 10.2 Å². The van der Waals surface area contributed by atoms with Crippen molar-refractivity contribution < 1.29 is 4.74 Å². The number of fused-ring (bicyclic) bond motifs is 1. The van der Waals surface area contributed by atoms with Crippen LogP contribution in [0, 0.1) is 18.3 Å². The molecule has 142 valence electrons. The molecule has 1 atom stereocenters. The van der Waals surface area contributed by atoms with Gasteiger partial charge < -0.3 is 15.0 Å². The Bertz CT molecular complexity index is 1020. The van der Waals surface area contributed by atoms with Crippen LogP contribution >= 0.6 is 0 Å². The minimum absolute atomic E-state index is 0.423. The molecule has 1 unspecified atom stereocenters. The third-order valence-electron chi connectivity index (χ3n) is 5.26. The molecule has 5 heteroatoms. The van der Waals surface area contributed by atoms with E-state index in [0.717, 1.165) is 42.2 Å². The van der Waals surface area contributed by atoms with Crippen LogP contribution in [-0.4, -0.2) is 31.3 Å². The van der Waals surface area contributed by atoms with Crippen molar-refractivity contribution in [1.29, 1.82) is 5.26 Å². The van der Waals surface area contributed by atoms with Gasteiger partial charge in [0, 0.05) is 41.8 Å². The van der Waals surface area contributed by atoms with Gasteiger partial charge in [0.1, 0.15) is 0 Å². The Labute approximate surface area is 165 Å². The van der Waals surface area contributed by atoms with Gasteiger partial charge >= 0.3 is 0 Å². The average Bonchev–Trinajstić information content (AvgIpc) is 3.16. The quantitative estimate of drug-likeness (QED) is 0.699. The second-order valence-corrected chi connectivity index (χ2v) is 7.27. The van der Waals surface area contributed by atoms with Gasteiger partial charge in [-0.2, -0.15) is 5.26 Å². The van der Waals surface area contributed by atoms with Gasteiger partial charge in [0.2, 0.25) is 0 Å². The first-order valence-corrected chi connectivity index (χ1v) is 9.62. The third-order valence-corrected chi connectivity index (χ3v) is 5.26. The van der Waals surface area contributed by atoms with E-state index in [1.54, 1.807) is 7.11 Å². The van der Waals surface area contributed by atoms with E-state index in [9.17, 15) is 0 Å². The normalized spacial score (nSPS) is 16.3. The smallest absolute Gasteiger partial charge is 0.0991 e. The van der Waals surface area contributed by atoms with Gasteiger partial charge in [-0.3, -0.25) is 4.98 Å². The van der Waals surface area contributed by atoms with Crippen LogP contribution in [0.4, 0.5) is 17.1 Å². The lowest BCUT2D eigenvalue weighted by molar-refractivity contribution is 0.181. The first-order chi connectivity index (χ1) is 13.7. The fourth-order valence-electron chi connectivity index (χ4n) is 3.97. The summed E-state index contributed by atoms with van der Waals surface area (Å²) in [5.41, 5.74) is 5.83. The van der Waals surface area contributed by atoms with Crippen molar-refractivity contribution in [2.75, 3.05) is 30.5 Å². The molecule has 0 bridgehead atoms. The fraction of sp³-hybridized carbons (Fsp3) is 0.304. The number of hydrogen-bond donors (Lipinski definition) is 1. The van der Waals surface area contributed by atoms with E-state index in [4.69, 9.17) is 15.0 Å². The Kier molecular flexibility index (Phi) is 5.14. The number of aryl methyl sites for hydroxylation is 1. The molecule has 2 heterocycles. The maximum Gasteiger partial charge on any atom is 0.0991 e. The molecule has 0 radical (unpaired) electrons. The predicted octanol–water partition coefficient (Wildman–Crippen LogP) is 4.77. The van der Waals surface area contributed by atoms with Crippen LogP contribution in [0.3, 0.4) is 0 Å². The van der Waals surface area contributed by atoms with Gasteiger partial charge in [-0.15, -0.1) is 0 Å². The van der Waals surface area contributed by atoms with Gasteiger partial charge in [0.25, 0.3) is 0 Å². The summed E-state index contributed by atoms with van der Waals surface area (Å²) in [4.78, 5) is 7.23. The van der Waals surface area contributed by atoms with E-state index >= 15 is 0 Å². The highest BCUT2D eigenvalue weighted by atomic mass is 16.5. The van der Waals surface area contributed by atoms with Crippen molar-refractivity contribution in [3.63, 3.8) is 0 Å². The highest BCUT2D eigenvalue weighted by molar-refractivity contribution is 5.94. The average molecular weight is 372 g/mol. The van der Waals surface area contributed by atoms with E-state index in [1.807, 2.05) is 31.2 Å². The summed E-state index contributed by atoms with van der Waals surface area (Å²) in [5, 5.41) is 13.5. The first kappa shape index (κ1) is 18.3. The summed E-state index contributed by atoms with van der Waals surface area (Å²) >= 11 is 0. The number of nitriles is 1. The molecule has 1 fully saturated rings. The lowest BCUT2D eigenvalue weighted by Gasteiger charge is -2.28. The van der Waals surface area contributed by atoms with Crippen LogP contribution in [0.25, 0.3) is 10.9 Å². The lowest BCUT2D eigenvalue weighted by Crippen LogP contribution is -2.33. The molecule has 1 aromatic heterocycles. The van der Waals surface area contributed by atoms with Crippen molar-refractivity contribution in [3.05, 3.63) is 59.8 Å². The number of hydrogen-bond acceptors (Lipinski definition) is 5. The number of pyridine rings is 1. The molecule has 5 nitrogen and oxygen atoms in total. The van der Waals surface area contributed by atoms with Crippen molar-refractivity contribution in [1.82, 2.24) is 4.98 Å². The number of nitrogens with one attached hydrogen (secondary N) is 1. The number of nitrogens with zero attached hydrogens (tertiary/aromatic N) is 3. The maximum atomic E-state index is 8.94. The lowest BCUT2D eigenvalue weighted by atomic mass is 10.1. The van der Waals surface area contributed by atoms with E-state index in [-0.39, 0.29) is 0 Å². The van der Waals surface area contributed by atoms with Crippen LogP contribution in [0.1, 0.15) is 24.1 Å².